The maximum Gasteiger partial charge on any atom is 0.333 e. The largest absolute Gasteiger partial charge is 0.497 e. The van der Waals surface area contributed by atoms with Crippen LogP contribution < -0.4 is 24.2 Å². The SMILES string of the molecule is COc1ccc2c(c1)C=C(C(=O)N[C@@](C)(CO)C(=O)N(C)C)Cn1c-2c(C2CCCCC2)c2ccc(C(=O)NS(=O)(=O)N(C)C)cc21.COc1ccc2c(c1)C=C(C(=O)O)Cn1c-2c(C2CCCCC2)c2ccc(C(=O)NS(=O)(=O)N(C)C)cc21. The Kier molecular flexibility index (Phi) is 17.9. The standard InChI is InChI=1S/C34H43N5O7S.C28H31N3O6S/c1-34(20-40,33(43)37(2)3)35-31(41)24-16-23-17-25(46-6)13-15-26(23)30-29(21-10-8-7-9-11-21)27-14-12-22(18-28(27)39(30)19-24)32(42)36-47(44,45)38(4)5;1-30(2)38(35,36)29-27(32)18-9-11-23-24(15-18)31-16-20(28(33)34)13-19-14-21(37-3)10-12-22(19)26(31)25(23)17-7-5-4-6-8-17/h12-18,21,40H,7-11,19-20H2,1-6H3,(H,35,41)(H,36,42);9-15,17H,4-8,16H2,1-3H3,(H,29,32)(H,33,34)/t34-;/m0./s1. The fraction of sp³-hybridized carbons (Fsp3) is 0.403. The summed E-state index contributed by atoms with van der Waals surface area (Å²) in [5.41, 5.74) is 8.07. The molecular weight excluding hydrogens is 1130 g/mol. The van der Waals surface area contributed by atoms with Crippen molar-refractivity contribution in [1.82, 2.24) is 37.4 Å². The summed E-state index contributed by atoms with van der Waals surface area (Å²) >= 11 is 0. The van der Waals surface area contributed by atoms with E-state index in [-0.39, 0.29) is 41.6 Å². The molecule has 2 aliphatic carbocycles. The number of nitrogens with one attached hydrogen (secondary N) is 3. The molecule has 2 aliphatic heterocycles. The highest BCUT2D eigenvalue weighted by atomic mass is 32.2. The van der Waals surface area contributed by atoms with Gasteiger partial charge >= 0.3 is 26.4 Å². The van der Waals surface area contributed by atoms with Crippen molar-refractivity contribution in [2.75, 3.05) is 63.1 Å². The summed E-state index contributed by atoms with van der Waals surface area (Å²) in [4.78, 5) is 66.8. The molecule has 5 N–H and O–H groups in total. The van der Waals surface area contributed by atoms with Crippen molar-refractivity contribution < 1.29 is 60.5 Å². The van der Waals surface area contributed by atoms with Crippen LogP contribution in [0.15, 0.2) is 83.9 Å². The van der Waals surface area contributed by atoms with Gasteiger partial charge in [-0.2, -0.15) is 25.4 Å². The number of hydrogen-bond acceptors (Lipinski definition) is 12. The maximum absolute atomic E-state index is 14.0. The smallest absolute Gasteiger partial charge is 0.333 e. The van der Waals surface area contributed by atoms with E-state index in [2.05, 4.69) is 14.8 Å². The number of carbonyl (C=O) groups is 5. The van der Waals surface area contributed by atoms with Crippen molar-refractivity contribution in [3.05, 3.63) is 117 Å². The number of fused-ring (bicyclic) bond motifs is 10. The van der Waals surface area contributed by atoms with Gasteiger partial charge in [-0.25, -0.2) is 14.2 Å². The zero-order valence-corrected chi connectivity index (χ0v) is 51.0. The van der Waals surface area contributed by atoms with Crippen LogP contribution in [0.2, 0.25) is 0 Å². The van der Waals surface area contributed by atoms with Crippen LogP contribution in [-0.2, 0) is 47.9 Å². The molecule has 4 amide bonds. The molecule has 23 heteroatoms. The summed E-state index contributed by atoms with van der Waals surface area (Å²) < 4.78 is 70.5. The summed E-state index contributed by atoms with van der Waals surface area (Å²) in [7, 11) is 3.61. The summed E-state index contributed by atoms with van der Waals surface area (Å²) in [6.45, 7) is 1.06. The molecule has 6 aromatic rings. The molecule has 2 aromatic heterocycles. The van der Waals surface area contributed by atoms with E-state index >= 15 is 0 Å². The van der Waals surface area contributed by atoms with E-state index in [0.717, 1.165) is 122 Å². The lowest BCUT2D eigenvalue weighted by molar-refractivity contribution is -0.140. The number of rotatable bonds is 15. The summed E-state index contributed by atoms with van der Waals surface area (Å²) in [6, 6.07) is 21.7. The molecule has 0 bridgehead atoms. The Morgan fingerprint density at radius 1 is 0.588 bits per heavy atom. The number of benzene rings is 4. The molecule has 2 fully saturated rings. The van der Waals surface area contributed by atoms with Crippen LogP contribution in [0.5, 0.6) is 11.5 Å². The minimum absolute atomic E-state index is 0.0834. The third-order valence-corrected chi connectivity index (χ3v) is 19.5. The average molecular weight is 1200 g/mol. The van der Waals surface area contributed by atoms with Gasteiger partial charge in [0.25, 0.3) is 11.8 Å². The second-order valence-electron chi connectivity index (χ2n) is 23.0. The number of carbonyl (C=O) groups excluding carboxylic acids is 4. The quantitative estimate of drug-likeness (QED) is 0.0663. The fourth-order valence-electron chi connectivity index (χ4n) is 12.2. The zero-order valence-electron chi connectivity index (χ0n) is 49.4. The number of aliphatic hydroxyl groups is 1. The number of aliphatic hydroxyl groups excluding tert-OH is 1. The summed E-state index contributed by atoms with van der Waals surface area (Å²) in [5.74, 6) is -1.79. The van der Waals surface area contributed by atoms with E-state index < -0.39 is 62.2 Å². The van der Waals surface area contributed by atoms with Gasteiger partial charge in [0.05, 0.1) is 50.9 Å². The van der Waals surface area contributed by atoms with Crippen LogP contribution in [0.1, 0.15) is 126 Å². The second-order valence-corrected chi connectivity index (χ2v) is 26.7. The van der Waals surface area contributed by atoms with Gasteiger partial charge in [0.1, 0.15) is 17.0 Å². The number of carboxylic acids is 1. The van der Waals surface area contributed by atoms with Gasteiger partial charge in [-0.1, -0.05) is 50.7 Å². The highest BCUT2D eigenvalue weighted by Gasteiger charge is 2.38. The first-order chi connectivity index (χ1) is 40.3. The van der Waals surface area contributed by atoms with Crippen molar-refractivity contribution in [1.29, 1.82) is 0 Å². The third-order valence-electron chi connectivity index (χ3n) is 16.7. The van der Waals surface area contributed by atoms with Gasteiger partial charge < -0.3 is 39.0 Å². The molecule has 1 atom stereocenters. The van der Waals surface area contributed by atoms with E-state index in [9.17, 15) is 51.0 Å². The van der Waals surface area contributed by atoms with Gasteiger partial charge in [-0.15, -0.1) is 0 Å². The average Bonchev–Trinajstić information content (AvgIpc) is 1.62. The van der Waals surface area contributed by atoms with Crippen molar-refractivity contribution in [2.45, 2.75) is 102 Å². The molecular formula is C62H74N8O13S2. The Balaban J connectivity index is 0.000000208. The van der Waals surface area contributed by atoms with Gasteiger partial charge in [0, 0.05) is 91.9 Å². The number of nitrogens with zero attached hydrogens (tertiary/aromatic N) is 5. The van der Waals surface area contributed by atoms with Gasteiger partial charge in [0.2, 0.25) is 11.8 Å². The fourth-order valence-corrected chi connectivity index (χ4v) is 13.2. The molecule has 10 rings (SSSR count). The minimum atomic E-state index is -4.03. The number of amides is 4. The van der Waals surface area contributed by atoms with Gasteiger partial charge in [-0.05, 0) is 140 Å². The highest BCUT2D eigenvalue weighted by molar-refractivity contribution is 7.88. The predicted octanol–water partition coefficient (Wildman–Crippen LogP) is 7.64. The van der Waals surface area contributed by atoms with Crippen molar-refractivity contribution in [2.24, 2.45) is 0 Å². The first kappa shape index (κ1) is 61.7. The number of carboxylic acid groups (broad SMARTS) is 1. The van der Waals surface area contributed by atoms with Crippen molar-refractivity contribution in [3.8, 4) is 34.0 Å². The Hall–Kier alpha value is -7.83. The number of ether oxygens (including phenoxy) is 2. The molecule has 0 unspecified atom stereocenters. The highest BCUT2D eigenvalue weighted by Crippen LogP contribution is 2.49. The van der Waals surface area contributed by atoms with Gasteiger partial charge in [-0.3, -0.25) is 19.2 Å². The molecule has 21 nitrogen and oxygen atoms in total. The molecule has 2 saturated carbocycles. The number of methoxy groups -OCH3 is 2. The zero-order chi connectivity index (χ0) is 61.4. The maximum atomic E-state index is 14.0. The molecule has 4 aliphatic rings. The molecule has 0 saturated heterocycles. The van der Waals surface area contributed by atoms with Gasteiger partial charge in [0.15, 0.2) is 0 Å². The van der Waals surface area contributed by atoms with E-state index in [0.29, 0.717) is 28.1 Å². The molecule has 4 heterocycles. The van der Waals surface area contributed by atoms with Crippen LogP contribution in [0.3, 0.4) is 0 Å². The van der Waals surface area contributed by atoms with Crippen LogP contribution in [0, 0.1) is 0 Å². The first-order valence-corrected chi connectivity index (χ1v) is 31.2. The lowest BCUT2D eigenvalue weighted by Gasteiger charge is -2.30. The monoisotopic (exact) mass is 1200 g/mol. The summed E-state index contributed by atoms with van der Waals surface area (Å²) in [5, 5.41) is 24.9. The number of aromatic nitrogens is 2. The second kappa shape index (κ2) is 24.6. The Bertz CT molecular complexity index is 3960. The number of likely N-dealkylation sites (N-methyl/N-ethyl adjacent to an activating group) is 1. The lowest BCUT2D eigenvalue weighted by Crippen LogP contribution is -2.59. The van der Waals surface area contributed by atoms with Crippen LogP contribution in [0.4, 0.5) is 0 Å². The van der Waals surface area contributed by atoms with E-state index in [1.807, 2.05) is 57.7 Å². The Labute approximate surface area is 495 Å². The van der Waals surface area contributed by atoms with Crippen LogP contribution in [-0.4, -0.2) is 148 Å². The molecule has 85 heavy (non-hydrogen) atoms. The lowest BCUT2D eigenvalue weighted by atomic mass is 9.81. The van der Waals surface area contributed by atoms with E-state index in [1.165, 1.54) is 46.4 Å². The molecule has 0 radical (unpaired) electrons. The van der Waals surface area contributed by atoms with E-state index in [1.54, 1.807) is 64.7 Å². The van der Waals surface area contributed by atoms with Crippen LogP contribution >= 0.6 is 0 Å². The topological polar surface area (TPSA) is 268 Å². The minimum Gasteiger partial charge on any atom is -0.497 e. The molecule has 4 aromatic carbocycles. The van der Waals surface area contributed by atoms with E-state index in [4.69, 9.17) is 9.47 Å². The Morgan fingerprint density at radius 2 is 1.00 bits per heavy atom. The molecule has 452 valence electrons. The van der Waals surface area contributed by atoms with Crippen LogP contribution in [0.25, 0.3) is 56.5 Å². The van der Waals surface area contributed by atoms with Crippen molar-refractivity contribution >= 4 is 84.0 Å². The molecule has 0 spiro atoms. The number of aliphatic carboxylic acids is 1. The van der Waals surface area contributed by atoms with Crippen molar-refractivity contribution in [3.63, 3.8) is 0 Å². The summed E-state index contributed by atoms with van der Waals surface area (Å²) in [6.07, 6.45) is 14.2. The number of hydrogen-bond donors (Lipinski definition) is 5. The Morgan fingerprint density at radius 3 is 1.38 bits per heavy atom. The first-order valence-electron chi connectivity index (χ1n) is 28.3. The predicted molar refractivity (Wildman–Crippen MR) is 326 cm³/mol. The normalized spacial score (nSPS) is 16.2. The third kappa shape index (κ3) is 12.4.